The maximum absolute atomic E-state index is 6.21. The van der Waals surface area contributed by atoms with Crippen molar-refractivity contribution >= 4 is 23.3 Å². The Morgan fingerprint density at radius 3 is 1.41 bits per heavy atom. The van der Waals surface area contributed by atoms with Gasteiger partial charge in [-0.05, 0) is 0 Å². The molecule has 2 heterocycles. The van der Waals surface area contributed by atoms with E-state index in [-0.39, 0.29) is 24.8 Å². The number of benzene rings is 2. The second-order valence-corrected chi connectivity index (χ2v) is 13.3. The van der Waals surface area contributed by atoms with E-state index < -0.39 is 23.2 Å². The van der Waals surface area contributed by atoms with Gasteiger partial charge in [0.15, 0.2) is 0 Å². The number of rotatable bonds is 6. The summed E-state index contributed by atoms with van der Waals surface area (Å²) in [6.45, 7) is 8.59. The second kappa shape index (κ2) is 11.4. The van der Waals surface area contributed by atoms with Crippen molar-refractivity contribution in [1.29, 1.82) is 0 Å². The molecule has 4 aromatic rings. The minimum atomic E-state index is -1.10. The van der Waals surface area contributed by atoms with Crippen LogP contribution < -0.4 is 24.8 Å². The SMILES string of the molecule is CCc1cccc2c1C=C(c1ccc(C)o1)[CH]2[Zr+2][CH]1C(c2ccc(C)o2)=Cc2c(CC)cccc21.[Cl-].[Cl-]. The van der Waals surface area contributed by atoms with Crippen molar-refractivity contribution in [3.8, 4) is 0 Å². The molecule has 5 heteroatoms. The Labute approximate surface area is 243 Å². The topological polar surface area (TPSA) is 26.3 Å². The Morgan fingerprint density at radius 1 is 0.622 bits per heavy atom. The molecule has 2 unspecified atom stereocenters. The number of fused-ring (bicyclic) bond motifs is 2. The van der Waals surface area contributed by atoms with E-state index in [9.17, 15) is 0 Å². The van der Waals surface area contributed by atoms with Gasteiger partial charge in [-0.3, -0.25) is 0 Å². The third-order valence-corrected chi connectivity index (χ3v) is 12.1. The quantitative estimate of drug-likeness (QED) is 0.337. The minimum absolute atomic E-state index is 0. The van der Waals surface area contributed by atoms with Gasteiger partial charge in [0.25, 0.3) is 0 Å². The predicted octanol–water partition coefficient (Wildman–Crippen LogP) is 2.60. The zero-order chi connectivity index (χ0) is 24.1. The Kier molecular flexibility index (Phi) is 8.59. The van der Waals surface area contributed by atoms with Crippen molar-refractivity contribution in [2.24, 2.45) is 0 Å². The van der Waals surface area contributed by atoms with Crippen LogP contribution in [0.15, 0.2) is 69.5 Å². The Bertz CT molecular complexity index is 1380. The molecule has 0 spiro atoms. The fraction of sp³-hybridized carbons (Fsp3) is 0.250. The van der Waals surface area contributed by atoms with Gasteiger partial charge in [0.2, 0.25) is 0 Å². The molecule has 0 fully saturated rings. The summed E-state index contributed by atoms with van der Waals surface area (Å²) in [5.41, 5.74) is 11.4. The first-order valence-corrected chi connectivity index (χ1v) is 15.5. The molecule has 0 aliphatic heterocycles. The average molecular weight is 609 g/mol. The Balaban J connectivity index is 0.00000160. The average Bonchev–Trinajstić information content (AvgIpc) is 3.65. The molecule has 2 atom stereocenters. The number of halogens is 2. The number of furan rings is 2. The van der Waals surface area contributed by atoms with Gasteiger partial charge in [-0.2, -0.15) is 0 Å². The van der Waals surface area contributed by atoms with Crippen LogP contribution in [0.3, 0.4) is 0 Å². The van der Waals surface area contributed by atoms with E-state index >= 15 is 0 Å². The molecule has 0 saturated carbocycles. The Hall–Kier alpha value is -2.06. The maximum atomic E-state index is 6.21. The minimum Gasteiger partial charge on any atom is -1.00 e. The van der Waals surface area contributed by atoms with Gasteiger partial charge in [-0.15, -0.1) is 0 Å². The number of hydrogen-bond acceptors (Lipinski definition) is 2. The number of hydrogen-bond donors (Lipinski definition) is 0. The van der Waals surface area contributed by atoms with E-state index in [0.717, 1.165) is 35.9 Å². The van der Waals surface area contributed by atoms with Crippen LogP contribution in [0.2, 0.25) is 0 Å². The zero-order valence-electron chi connectivity index (χ0n) is 21.6. The molecule has 2 aliphatic rings. The summed E-state index contributed by atoms with van der Waals surface area (Å²) >= 11 is -1.10. The maximum Gasteiger partial charge on any atom is -1.00 e. The number of allylic oxidation sites excluding steroid dienone is 2. The van der Waals surface area contributed by atoms with Gasteiger partial charge in [0.1, 0.15) is 0 Å². The van der Waals surface area contributed by atoms with Crippen LogP contribution in [0.25, 0.3) is 23.3 Å². The first kappa shape index (κ1) is 28.0. The summed E-state index contributed by atoms with van der Waals surface area (Å²) in [6, 6.07) is 22.3. The molecule has 0 bridgehead atoms. The molecular formula is C32H30Cl2O2Zr. The van der Waals surface area contributed by atoms with Crippen LogP contribution in [-0.2, 0) is 36.1 Å². The monoisotopic (exact) mass is 606 g/mol. The Morgan fingerprint density at radius 2 is 1.05 bits per heavy atom. The summed E-state index contributed by atoms with van der Waals surface area (Å²) in [6.07, 6.45) is 6.95. The van der Waals surface area contributed by atoms with E-state index in [2.05, 4.69) is 86.7 Å². The van der Waals surface area contributed by atoms with Crippen molar-refractivity contribution in [2.45, 2.75) is 47.8 Å². The molecule has 2 aromatic carbocycles. The van der Waals surface area contributed by atoms with Crippen molar-refractivity contribution in [3.63, 3.8) is 0 Å². The van der Waals surface area contributed by atoms with Gasteiger partial charge in [-0.1, -0.05) is 0 Å². The van der Waals surface area contributed by atoms with Crippen LogP contribution in [-0.4, -0.2) is 0 Å². The van der Waals surface area contributed by atoms with Gasteiger partial charge in [0, 0.05) is 0 Å². The van der Waals surface area contributed by atoms with Crippen LogP contribution in [0.1, 0.15) is 77.5 Å². The molecule has 188 valence electrons. The molecule has 2 nitrogen and oxygen atoms in total. The van der Waals surface area contributed by atoms with Gasteiger partial charge < -0.3 is 24.8 Å². The summed E-state index contributed by atoms with van der Waals surface area (Å²) in [4.78, 5) is 0. The van der Waals surface area contributed by atoms with E-state index in [1.807, 2.05) is 13.8 Å². The summed E-state index contributed by atoms with van der Waals surface area (Å²) in [5, 5.41) is 0. The van der Waals surface area contributed by atoms with Crippen molar-refractivity contribution < 1.29 is 56.9 Å². The fourth-order valence-corrected chi connectivity index (χ4v) is 10.6. The van der Waals surface area contributed by atoms with Crippen molar-refractivity contribution in [1.82, 2.24) is 0 Å². The normalized spacial score (nSPS) is 17.2. The smallest absolute Gasteiger partial charge is 1.00 e. The summed E-state index contributed by atoms with van der Waals surface area (Å²) in [7, 11) is 0. The van der Waals surface area contributed by atoms with Gasteiger partial charge in [-0.25, -0.2) is 0 Å². The van der Waals surface area contributed by atoms with Crippen LogP contribution in [0.5, 0.6) is 0 Å². The molecule has 0 N–H and O–H groups in total. The molecule has 2 aliphatic carbocycles. The second-order valence-electron chi connectivity index (χ2n) is 9.60. The standard InChI is InChI=1S/2C16H15O.2ClH.Zr/c2*1-3-12-5-4-6-13-9-14(10-15(12)13)16-8-7-11(2)17-16;;;/h2*4-10H,3H2,1-2H3;2*1H;/q;;;;+2/p-2. The third kappa shape index (κ3) is 4.92. The fourth-order valence-electron chi connectivity index (χ4n) is 5.68. The molecular weight excluding hydrogens is 578 g/mol. The first-order chi connectivity index (χ1) is 17.1. The van der Waals surface area contributed by atoms with Crippen LogP contribution >= 0.6 is 0 Å². The molecule has 37 heavy (non-hydrogen) atoms. The van der Waals surface area contributed by atoms with Crippen LogP contribution in [0, 0.1) is 13.8 Å². The third-order valence-electron chi connectivity index (χ3n) is 7.45. The molecule has 2 aromatic heterocycles. The van der Waals surface area contributed by atoms with Gasteiger partial charge >= 0.3 is 220 Å². The van der Waals surface area contributed by atoms with E-state index in [4.69, 9.17) is 8.83 Å². The van der Waals surface area contributed by atoms with Crippen molar-refractivity contribution in [2.75, 3.05) is 0 Å². The summed E-state index contributed by atoms with van der Waals surface area (Å²) in [5.74, 6) is 4.02. The van der Waals surface area contributed by atoms with E-state index in [1.165, 1.54) is 44.5 Å². The number of aryl methyl sites for hydroxylation is 4. The molecule has 0 amide bonds. The van der Waals surface area contributed by atoms with Gasteiger partial charge in [0.05, 0.1) is 0 Å². The largest absolute Gasteiger partial charge is 1.00 e. The summed E-state index contributed by atoms with van der Waals surface area (Å²) < 4.78 is 13.3. The van der Waals surface area contributed by atoms with E-state index in [1.54, 1.807) is 0 Å². The first-order valence-electron chi connectivity index (χ1n) is 12.6. The molecule has 0 radical (unpaired) electrons. The molecule has 6 rings (SSSR count). The van der Waals surface area contributed by atoms with Crippen molar-refractivity contribution in [3.05, 3.63) is 117 Å². The van der Waals surface area contributed by atoms with Crippen LogP contribution in [0.4, 0.5) is 0 Å². The van der Waals surface area contributed by atoms with E-state index in [0.29, 0.717) is 7.25 Å². The molecule has 0 saturated heterocycles. The predicted molar refractivity (Wildman–Crippen MR) is 140 cm³/mol. The zero-order valence-corrected chi connectivity index (χ0v) is 25.5.